The van der Waals surface area contributed by atoms with E-state index in [4.69, 9.17) is 50.1 Å². The van der Waals surface area contributed by atoms with Crippen molar-refractivity contribution in [1.82, 2.24) is 39.9 Å². The second kappa shape index (κ2) is 22.9. The van der Waals surface area contributed by atoms with E-state index in [-0.39, 0.29) is 49.3 Å². The third kappa shape index (κ3) is 12.0. The Morgan fingerprint density at radius 1 is 0.446 bits per heavy atom. The molecule has 3 aromatic heterocycles. The molecule has 5 heterocycles. The largest absolute Gasteiger partial charge is 2.00 e. The van der Waals surface area contributed by atoms with Gasteiger partial charge in [-0.3, -0.25) is 9.59 Å². The monoisotopic (exact) mass is 942 g/mol. The van der Waals surface area contributed by atoms with E-state index >= 15 is 0 Å². The van der Waals surface area contributed by atoms with Gasteiger partial charge in [-0.05, 0) is 48.2 Å². The van der Waals surface area contributed by atoms with E-state index in [1.54, 1.807) is 0 Å². The summed E-state index contributed by atoms with van der Waals surface area (Å²) in [4.78, 5) is 61.2. The molecule has 328 valence electrons. The summed E-state index contributed by atoms with van der Waals surface area (Å²) in [6.07, 6.45) is 12.6. The summed E-state index contributed by atoms with van der Waals surface area (Å²) >= 11 is 0. The van der Waals surface area contributed by atoms with E-state index in [0.717, 1.165) is 69.5 Å². The third-order valence-electron chi connectivity index (χ3n) is 10.6. The van der Waals surface area contributed by atoms with Crippen LogP contribution >= 0.6 is 0 Å². The molecule has 4 aromatic carbocycles. The van der Waals surface area contributed by atoms with Gasteiger partial charge in [-0.15, -0.1) is 0 Å². The van der Waals surface area contributed by atoms with Gasteiger partial charge in [-0.1, -0.05) is 149 Å². The average Bonchev–Trinajstić information content (AvgIpc) is 4.03. The summed E-state index contributed by atoms with van der Waals surface area (Å²) in [5.41, 5.74) is 5.78. The van der Waals surface area contributed by atoms with Crippen molar-refractivity contribution in [1.29, 1.82) is 0 Å². The number of carbonyl (C=O) groups is 2. The molecular weight excluding hydrogens is 892 g/mol. The summed E-state index contributed by atoms with van der Waals surface area (Å²) < 4.78 is 0. The topological polar surface area (TPSA) is 180 Å². The maximum absolute atomic E-state index is 11.0. The van der Waals surface area contributed by atoms with Crippen LogP contribution < -0.4 is 9.97 Å². The van der Waals surface area contributed by atoms with Crippen LogP contribution in [-0.4, -0.2) is 51.7 Å². The Morgan fingerprint density at radius 3 is 0.985 bits per heavy atom. The van der Waals surface area contributed by atoms with Gasteiger partial charge in [-0.2, -0.15) is 0 Å². The Hall–Kier alpha value is -6.46. The number of ketones is 2. The SMILES string of the molecule is CCCCCCC(=O)C=C(C)O.CCCCCCC(=O)C=C(C)O.[Zr+2].c1ccc2c(c1)-c1nc-2nc2[n-]c(nc3nc(nc4[n-]c(n1)c1ccccc41)-c1ccccc1-3)c1ccccc21. The summed E-state index contributed by atoms with van der Waals surface area (Å²) in [7, 11) is 0. The van der Waals surface area contributed by atoms with Gasteiger partial charge in [-0.25, -0.2) is 9.97 Å². The molecule has 9 rings (SSSR count). The number of rotatable bonds is 12. The van der Waals surface area contributed by atoms with Gasteiger partial charge in [0.05, 0.1) is 34.8 Å². The van der Waals surface area contributed by atoms with Gasteiger partial charge < -0.3 is 40.1 Å². The number of aliphatic hydroxyl groups is 2. The fraction of sp³-hybridized carbons (Fsp3) is 0.269. The number of unbranched alkanes of at least 4 members (excludes halogenated alkanes) is 6. The van der Waals surface area contributed by atoms with Crippen molar-refractivity contribution in [3.8, 4) is 45.6 Å². The quantitative estimate of drug-likeness (QED) is 0.0673. The Balaban J connectivity index is 0.000000234. The molecule has 2 aliphatic heterocycles. The van der Waals surface area contributed by atoms with Crippen molar-refractivity contribution >= 4 is 55.7 Å². The maximum Gasteiger partial charge on any atom is 2.00 e. The smallest absolute Gasteiger partial charge is 0.512 e. The van der Waals surface area contributed by atoms with E-state index in [9.17, 15) is 9.59 Å². The number of allylic oxidation sites excluding steroid dienone is 4. The van der Waals surface area contributed by atoms with Crippen molar-refractivity contribution in [2.75, 3.05) is 0 Å². The zero-order chi connectivity index (χ0) is 45.0. The summed E-state index contributed by atoms with van der Waals surface area (Å²) in [5, 5.41) is 21.1. The number of fused-ring (bicyclic) bond motifs is 20. The molecule has 0 atom stereocenters. The second-order valence-corrected chi connectivity index (χ2v) is 15.8. The van der Waals surface area contributed by atoms with Crippen LogP contribution in [0.15, 0.2) is 121 Å². The summed E-state index contributed by atoms with van der Waals surface area (Å²) in [5.74, 6) is 2.49. The zero-order valence-corrected chi connectivity index (χ0v) is 39.7. The van der Waals surface area contributed by atoms with Gasteiger partial charge in [0.2, 0.25) is 0 Å². The number of aliphatic hydroxyl groups excluding tert-OH is 2. The van der Waals surface area contributed by atoms with Crippen LogP contribution in [0.3, 0.4) is 0 Å². The summed E-state index contributed by atoms with van der Waals surface area (Å²) in [6.45, 7) is 7.31. The molecule has 0 radical (unpaired) electrons. The first-order valence-electron chi connectivity index (χ1n) is 22.0. The van der Waals surface area contributed by atoms with Gasteiger partial charge in [0.25, 0.3) is 0 Å². The van der Waals surface area contributed by atoms with E-state index in [1.165, 1.54) is 51.7 Å². The number of hydrogen-bond donors (Lipinski definition) is 2. The van der Waals surface area contributed by atoms with Crippen LogP contribution in [0.4, 0.5) is 0 Å². The van der Waals surface area contributed by atoms with Crippen LogP contribution in [-0.2, 0) is 35.8 Å². The molecule has 2 aliphatic rings. The molecular formula is C52H52N8O4Zr. The van der Waals surface area contributed by atoms with E-state index < -0.39 is 0 Å². The molecule has 0 spiro atoms. The number of aromatic nitrogens is 8. The number of benzene rings is 4. The molecule has 8 bridgehead atoms. The fourth-order valence-electron chi connectivity index (χ4n) is 7.52. The van der Waals surface area contributed by atoms with Gasteiger partial charge in [0.1, 0.15) is 0 Å². The molecule has 0 aliphatic carbocycles. The summed E-state index contributed by atoms with van der Waals surface area (Å²) in [6, 6.07) is 31.8. The fourth-order valence-corrected chi connectivity index (χ4v) is 7.52. The Labute approximate surface area is 397 Å². The van der Waals surface area contributed by atoms with Crippen molar-refractivity contribution < 1.29 is 46.0 Å². The first-order chi connectivity index (χ1) is 31.1. The van der Waals surface area contributed by atoms with E-state index in [0.29, 0.717) is 58.7 Å². The number of carbonyl (C=O) groups excluding carboxylic acids is 2. The molecule has 0 fully saturated rings. The third-order valence-corrected chi connectivity index (χ3v) is 10.6. The normalized spacial score (nSPS) is 11.7. The Kier molecular flexibility index (Phi) is 16.9. The molecule has 65 heavy (non-hydrogen) atoms. The first-order valence-corrected chi connectivity index (χ1v) is 22.0. The van der Waals surface area contributed by atoms with Crippen molar-refractivity contribution in [2.24, 2.45) is 0 Å². The first kappa shape index (κ1) is 48.0. The molecule has 2 N–H and O–H groups in total. The van der Waals surface area contributed by atoms with Crippen molar-refractivity contribution in [2.45, 2.75) is 91.9 Å². The van der Waals surface area contributed by atoms with E-state index in [1.807, 2.05) is 97.1 Å². The van der Waals surface area contributed by atoms with Gasteiger partial charge >= 0.3 is 26.2 Å². The van der Waals surface area contributed by atoms with Gasteiger partial charge in [0, 0.05) is 69.8 Å². The number of hydrogen-bond acceptors (Lipinski definition) is 10. The average molecular weight is 944 g/mol. The molecule has 7 aromatic rings. The predicted molar refractivity (Wildman–Crippen MR) is 254 cm³/mol. The maximum atomic E-state index is 11.0. The van der Waals surface area contributed by atoms with Crippen LogP contribution in [0.5, 0.6) is 0 Å². The van der Waals surface area contributed by atoms with Gasteiger partial charge in [0.15, 0.2) is 11.6 Å². The minimum Gasteiger partial charge on any atom is -0.512 e. The van der Waals surface area contributed by atoms with Crippen molar-refractivity contribution in [3.63, 3.8) is 0 Å². The Bertz CT molecular complexity index is 2680. The molecule has 0 saturated heterocycles. The minimum atomic E-state index is 0. The zero-order valence-electron chi connectivity index (χ0n) is 37.3. The standard InChI is InChI=1S/C32H16N8.2C10H18O2.Zr/c1-2-10-18-17(9-1)25-33-26(18)38-28-21-13-5-6-14-22(21)30(35-28)40-32-24-16-8-7-15-23(24)31(36-32)39-29-20-12-4-3-11-19(20)27(34-29)37-25;2*1-3-4-5-6-7-10(12)8-9(2)11;/h1-16H;2*8,11H,3-7H2,1-2H3;/q-2;;;+2. The molecule has 12 nitrogen and oxygen atoms in total. The predicted octanol–water partition coefficient (Wildman–Crippen LogP) is 12.1. The van der Waals surface area contributed by atoms with Crippen LogP contribution in [0.25, 0.3) is 89.7 Å². The van der Waals surface area contributed by atoms with Crippen LogP contribution in [0.2, 0.25) is 0 Å². The van der Waals surface area contributed by atoms with Crippen LogP contribution in [0, 0.1) is 0 Å². The Morgan fingerprint density at radius 2 is 0.723 bits per heavy atom. The number of nitrogens with zero attached hydrogens (tertiary/aromatic N) is 8. The molecule has 0 amide bonds. The molecule has 0 saturated carbocycles. The second-order valence-electron chi connectivity index (χ2n) is 15.8. The van der Waals surface area contributed by atoms with Crippen LogP contribution in [0.1, 0.15) is 91.9 Å². The van der Waals surface area contributed by atoms with Crippen molar-refractivity contribution in [3.05, 3.63) is 121 Å². The van der Waals surface area contributed by atoms with E-state index in [2.05, 4.69) is 13.8 Å². The molecule has 0 unspecified atom stereocenters. The minimum absolute atomic E-state index is 0. The molecule has 13 heteroatoms.